The summed E-state index contributed by atoms with van der Waals surface area (Å²) < 4.78 is 0. The number of hydrogen-bond donors (Lipinski definition) is 2. The Hall–Kier alpha value is -2.69. The third kappa shape index (κ3) is 5.69. The molecule has 1 amide bonds. The molecule has 138 valence electrons. The summed E-state index contributed by atoms with van der Waals surface area (Å²) in [7, 11) is 0. The molecule has 2 aromatic rings. The molecule has 5 heteroatoms. The van der Waals surface area contributed by atoms with E-state index in [2.05, 4.69) is 31.1 Å². The molecule has 0 radical (unpaired) electrons. The summed E-state index contributed by atoms with van der Waals surface area (Å²) in [5, 5.41) is 12.0. The quantitative estimate of drug-likeness (QED) is 0.831. The molecule has 1 unspecified atom stereocenters. The number of carboxylic acids is 1. The van der Waals surface area contributed by atoms with E-state index in [0.717, 1.165) is 22.4 Å². The minimum Gasteiger partial charge on any atom is -0.481 e. The van der Waals surface area contributed by atoms with Gasteiger partial charge in [0.05, 0.1) is 18.9 Å². The van der Waals surface area contributed by atoms with Crippen LogP contribution in [0, 0.1) is 6.92 Å². The summed E-state index contributed by atoms with van der Waals surface area (Å²) in [6, 6.07) is 10.9. The zero-order valence-electron chi connectivity index (χ0n) is 15.7. The van der Waals surface area contributed by atoms with E-state index in [1.165, 1.54) is 0 Å². The molecule has 26 heavy (non-hydrogen) atoms. The fraction of sp³-hybridized carbons (Fsp3) is 0.381. The van der Waals surface area contributed by atoms with Gasteiger partial charge in [-0.15, -0.1) is 0 Å². The van der Waals surface area contributed by atoms with Crippen LogP contribution >= 0.6 is 0 Å². The number of hydrogen-bond acceptors (Lipinski definition) is 3. The van der Waals surface area contributed by atoms with Crippen LogP contribution in [0.1, 0.15) is 55.6 Å². The fourth-order valence-corrected chi connectivity index (χ4v) is 2.68. The first kappa shape index (κ1) is 19.6. The highest BCUT2D eigenvalue weighted by molar-refractivity contribution is 5.80. The van der Waals surface area contributed by atoms with Crippen molar-refractivity contribution in [2.75, 3.05) is 0 Å². The first-order chi connectivity index (χ1) is 12.1. The highest BCUT2D eigenvalue weighted by Crippen LogP contribution is 2.25. The molecule has 0 spiro atoms. The summed E-state index contributed by atoms with van der Waals surface area (Å²) in [4.78, 5) is 27.8. The van der Waals surface area contributed by atoms with E-state index in [4.69, 9.17) is 0 Å². The molecule has 0 aliphatic rings. The molecule has 0 saturated carbocycles. The number of carboxylic acid groups (broad SMARTS) is 1. The van der Waals surface area contributed by atoms with Crippen LogP contribution in [0.3, 0.4) is 0 Å². The minimum absolute atomic E-state index is 0.0164. The summed E-state index contributed by atoms with van der Waals surface area (Å²) in [6.07, 6.45) is 1.68. The number of aromatic nitrogens is 1. The zero-order valence-corrected chi connectivity index (χ0v) is 15.7. The average molecular weight is 354 g/mol. The van der Waals surface area contributed by atoms with E-state index in [1.807, 2.05) is 43.3 Å². The van der Waals surface area contributed by atoms with Gasteiger partial charge in [-0.1, -0.05) is 51.1 Å². The van der Waals surface area contributed by atoms with Gasteiger partial charge in [0.2, 0.25) is 5.91 Å². The van der Waals surface area contributed by atoms with Crippen molar-refractivity contribution in [2.24, 2.45) is 0 Å². The molecule has 0 fully saturated rings. The van der Waals surface area contributed by atoms with Gasteiger partial charge in [0.15, 0.2) is 0 Å². The van der Waals surface area contributed by atoms with E-state index >= 15 is 0 Å². The minimum atomic E-state index is -0.952. The predicted molar refractivity (Wildman–Crippen MR) is 101 cm³/mol. The molecule has 1 aromatic carbocycles. The summed E-state index contributed by atoms with van der Waals surface area (Å²) in [6.45, 7) is 8.24. The monoisotopic (exact) mass is 354 g/mol. The van der Waals surface area contributed by atoms with E-state index < -0.39 is 12.0 Å². The maximum atomic E-state index is 12.4. The molecular weight excluding hydrogens is 328 g/mol. The third-order valence-electron chi connectivity index (χ3n) is 4.23. The highest BCUT2D eigenvalue weighted by Gasteiger charge is 2.20. The zero-order chi connectivity index (χ0) is 19.3. The molecule has 1 aromatic heterocycles. The molecule has 2 rings (SSSR count). The Kier molecular flexibility index (Phi) is 6.14. The maximum Gasteiger partial charge on any atom is 0.305 e. The van der Waals surface area contributed by atoms with Crippen LogP contribution in [0.2, 0.25) is 0 Å². The molecule has 0 bridgehead atoms. The number of benzene rings is 1. The van der Waals surface area contributed by atoms with Crippen molar-refractivity contribution in [2.45, 2.75) is 52.0 Å². The van der Waals surface area contributed by atoms with Crippen molar-refractivity contribution in [1.29, 1.82) is 0 Å². The van der Waals surface area contributed by atoms with Crippen molar-refractivity contribution in [3.05, 3.63) is 65.0 Å². The first-order valence-electron chi connectivity index (χ1n) is 8.68. The summed E-state index contributed by atoms with van der Waals surface area (Å²) in [5.74, 6) is -1.17. The van der Waals surface area contributed by atoms with E-state index in [0.29, 0.717) is 0 Å². The largest absolute Gasteiger partial charge is 0.481 e. The van der Waals surface area contributed by atoms with Crippen molar-refractivity contribution < 1.29 is 14.7 Å². The molecule has 1 atom stereocenters. The second-order valence-corrected chi connectivity index (χ2v) is 7.57. The number of nitrogens with zero attached hydrogens (tertiary/aromatic N) is 1. The normalized spacial score (nSPS) is 12.5. The fourth-order valence-electron chi connectivity index (χ4n) is 2.68. The standard InChI is InChI=1S/C21H26N2O3/c1-14-5-6-15(13-22-14)11-19(24)23-18(12-20(25)26)16-7-9-17(10-8-16)21(2,3)4/h5-10,13,18H,11-12H2,1-4H3,(H,23,24)(H,25,26). The van der Waals surface area contributed by atoms with Gasteiger partial charge in [0.25, 0.3) is 0 Å². The molecule has 0 aliphatic carbocycles. The molecular formula is C21H26N2O3. The van der Waals surface area contributed by atoms with Gasteiger partial charge < -0.3 is 10.4 Å². The Morgan fingerprint density at radius 1 is 1.12 bits per heavy atom. The van der Waals surface area contributed by atoms with Gasteiger partial charge in [-0.25, -0.2) is 0 Å². The number of nitrogens with one attached hydrogen (secondary N) is 1. The van der Waals surface area contributed by atoms with Crippen LogP contribution in [0.15, 0.2) is 42.6 Å². The Morgan fingerprint density at radius 3 is 2.27 bits per heavy atom. The van der Waals surface area contributed by atoms with E-state index in [-0.39, 0.29) is 24.2 Å². The molecule has 1 heterocycles. The van der Waals surface area contributed by atoms with Gasteiger partial charge in [-0.2, -0.15) is 0 Å². The lowest BCUT2D eigenvalue weighted by Crippen LogP contribution is -2.31. The highest BCUT2D eigenvalue weighted by atomic mass is 16.4. The Labute approximate surface area is 154 Å². The van der Waals surface area contributed by atoms with Crippen LogP contribution in [0.4, 0.5) is 0 Å². The number of carbonyl (C=O) groups is 2. The lowest BCUT2D eigenvalue weighted by atomic mass is 9.86. The molecule has 0 aliphatic heterocycles. The van der Waals surface area contributed by atoms with Crippen LogP contribution < -0.4 is 5.32 Å². The van der Waals surface area contributed by atoms with E-state index in [1.54, 1.807) is 6.20 Å². The van der Waals surface area contributed by atoms with Gasteiger partial charge >= 0.3 is 5.97 Å². The maximum absolute atomic E-state index is 12.4. The Balaban J connectivity index is 2.12. The van der Waals surface area contributed by atoms with Crippen LogP contribution in [0.5, 0.6) is 0 Å². The van der Waals surface area contributed by atoms with Gasteiger partial charge in [-0.3, -0.25) is 14.6 Å². The SMILES string of the molecule is Cc1ccc(CC(=O)NC(CC(=O)O)c2ccc(C(C)(C)C)cc2)cn1. The van der Waals surface area contributed by atoms with Crippen LogP contribution in [-0.4, -0.2) is 22.0 Å². The van der Waals surface area contributed by atoms with Crippen molar-refractivity contribution in [1.82, 2.24) is 10.3 Å². The summed E-state index contributed by atoms with van der Waals surface area (Å²) >= 11 is 0. The predicted octanol–water partition coefficient (Wildman–Crippen LogP) is 3.56. The van der Waals surface area contributed by atoms with Gasteiger partial charge in [0, 0.05) is 11.9 Å². The van der Waals surface area contributed by atoms with Gasteiger partial charge in [0.1, 0.15) is 0 Å². The second kappa shape index (κ2) is 8.13. The number of pyridine rings is 1. The van der Waals surface area contributed by atoms with Crippen LogP contribution in [-0.2, 0) is 21.4 Å². The first-order valence-corrected chi connectivity index (χ1v) is 8.68. The Morgan fingerprint density at radius 2 is 1.77 bits per heavy atom. The second-order valence-electron chi connectivity index (χ2n) is 7.57. The lowest BCUT2D eigenvalue weighted by Gasteiger charge is -2.22. The van der Waals surface area contributed by atoms with Crippen LogP contribution in [0.25, 0.3) is 0 Å². The smallest absolute Gasteiger partial charge is 0.305 e. The number of amides is 1. The molecule has 5 nitrogen and oxygen atoms in total. The topological polar surface area (TPSA) is 79.3 Å². The van der Waals surface area contributed by atoms with E-state index in [9.17, 15) is 14.7 Å². The van der Waals surface area contributed by atoms with Gasteiger partial charge in [-0.05, 0) is 35.1 Å². The molecule has 0 saturated heterocycles. The molecule has 2 N–H and O–H groups in total. The average Bonchev–Trinajstić information content (AvgIpc) is 2.55. The number of rotatable bonds is 6. The summed E-state index contributed by atoms with van der Waals surface area (Å²) in [5.41, 5.74) is 3.65. The van der Waals surface area contributed by atoms with Crippen molar-refractivity contribution >= 4 is 11.9 Å². The number of carbonyl (C=O) groups excluding carboxylic acids is 1. The van der Waals surface area contributed by atoms with Crippen molar-refractivity contribution in [3.63, 3.8) is 0 Å². The number of aliphatic carboxylic acids is 1. The van der Waals surface area contributed by atoms with Crippen molar-refractivity contribution in [3.8, 4) is 0 Å². The third-order valence-corrected chi connectivity index (χ3v) is 4.23. The Bertz CT molecular complexity index is 759. The lowest BCUT2D eigenvalue weighted by molar-refractivity contribution is -0.137. The number of aryl methyl sites for hydroxylation is 1.